The van der Waals surface area contributed by atoms with Gasteiger partial charge in [-0.25, -0.2) is 0 Å². The zero-order valence-electron chi connectivity index (χ0n) is 10.6. The summed E-state index contributed by atoms with van der Waals surface area (Å²) in [4.78, 5) is 25.4. The van der Waals surface area contributed by atoms with Crippen LogP contribution in [-0.4, -0.2) is 35.8 Å². The molecule has 2 rings (SSSR count). The molecule has 4 nitrogen and oxygen atoms in total. The number of nitrogens with zero attached hydrogens (tertiary/aromatic N) is 1. The molecule has 1 N–H and O–H groups in total. The van der Waals surface area contributed by atoms with E-state index in [0.29, 0.717) is 12.3 Å². The molecule has 1 saturated carbocycles. The summed E-state index contributed by atoms with van der Waals surface area (Å²) >= 11 is 0. The summed E-state index contributed by atoms with van der Waals surface area (Å²) in [7, 11) is 0. The van der Waals surface area contributed by atoms with E-state index in [1.54, 1.807) is 0 Å². The van der Waals surface area contributed by atoms with E-state index in [2.05, 4.69) is 5.32 Å². The quantitative estimate of drug-likeness (QED) is 0.805. The molecule has 0 bridgehead atoms. The second kappa shape index (κ2) is 5.52. The van der Waals surface area contributed by atoms with Crippen molar-refractivity contribution >= 4 is 11.8 Å². The van der Waals surface area contributed by atoms with Gasteiger partial charge in [0.2, 0.25) is 11.8 Å². The van der Waals surface area contributed by atoms with E-state index in [0.717, 1.165) is 6.54 Å². The maximum Gasteiger partial charge on any atom is 0.243 e. The molecule has 1 unspecified atom stereocenters. The Bertz CT molecular complexity index is 298. The maximum atomic E-state index is 11.9. The second-order valence-electron chi connectivity index (χ2n) is 5.19. The second-order valence-corrected chi connectivity index (χ2v) is 5.19. The van der Waals surface area contributed by atoms with Crippen LogP contribution in [0.25, 0.3) is 0 Å². The van der Waals surface area contributed by atoms with Gasteiger partial charge in [-0.05, 0) is 25.2 Å². The fraction of sp³-hybridized carbons (Fsp3) is 0.846. The van der Waals surface area contributed by atoms with E-state index in [1.165, 1.54) is 32.1 Å². The van der Waals surface area contributed by atoms with Gasteiger partial charge in [0.05, 0.1) is 6.54 Å². The van der Waals surface area contributed by atoms with Crippen LogP contribution >= 0.6 is 0 Å². The predicted octanol–water partition coefficient (Wildman–Crippen LogP) is 1.30. The molecule has 1 saturated heterocycles. The Kier molecular flexibility index (Phi) is 4.02. The molecule has 2 fully saturated rings. The van der Waals surface area contributed by atoms with E-state index >= 15 is 0 Å². The zero-order valence-corrected chi connectivity index (χ0v) is 10.6. The highest BCUT2D eigenvalue weighted by atomic mass is 16.2. The minimum absolute atomic E-state index is 0.0166. The SMILES string of the molecule is CCC1C(=O)NCC(=O)N1CC1CCCCC1. The minimum Gasteiger partial charge on any atom is -0.345 e. The summed E-state index contributed by atoms with van der Waals surface area (Å²) in [5, 5.41) is 2.67. The third-order valence-electron chi connectivity index (χ3n) is 3.98. The number of piperazine rings is 1. The van der Waals surface area contributed by atoms with Crippen LogP contribution in [0.3, 0.4) is 0 Å². The molecule has 17 heavy (non-hydrogen) atoms. The van der Waals surface area contributed by atoms with E-state index in [-0.39, 0.29) is 24.4 Å². The van der Waals surface area contributed by atoms with Crippen LogP contribution < -0.4 is 5.32 Å². The van der Waals surface area contributed by atoms with Gasteiger partial charge in [-0.15, -0.1) is 0 Å². The van der Waals surface area contributed by atoms with Crippen molar-refractivity contribution in [3.8, 4) is 0 Å². The first-order chi connectivity index (χ1) is 8.22. The summed E-state index contributed by atoms with van der Waals surface area (Å²) < 4.78 is 0. The number of nitrogens with one attached hydrogen (secondary N) is 1. The molecule has 0 radical (unpaired) electrons. The number of amides is 2. The summed E-state index contributed by atoms with van der Waals surface area (Å²) in [5.41, 5.74) is 0. The summed E-state index contributed by atoms with van der Waals surface area (Å²) in [6.45, 7) is 2.93. The monoisotopic (exact) mass is 238 g/mol. The molecular weight excluding hydrogens is 216 g/mol. The summed E-state index contributed by atoms with van der Waals surface area (Å²) in [6, 6.07) is -0.238. The average molecular weight is 238 g/mol. The number of hydrogen-bond donors (Lipinski definition) is 1. The molecule has 0 aromatic heterocycles. The molecule has 1 aliphatic heterocycles. The lowest BCUT2D eigenvalue weighted by molar-refractivity contribution is -0.146. The van der Waals surface area contributed by atoms with Crippen molar-refractivity contribution in [2.45, 2.75) is 51.5 Å². The lowest BCUT2D eigenvalue weighted by Crippen LogP contribution is -2.59. The lowest BCUT2D eigenvalue weighted by atomic mass is 9.88. The highest BCUT2D eigenvalue weighted by Crippen LogP contribution is 2.25. The van der Waals surface area contributed by atoms with E-state index < -0.39 is 0 Å². The average Bonchev–Trinajstić information content (AvgIpc) is 2.35. The molecule has 1 atom stereocenters. The van der Waals surface area contributed by atoms with Crippen molar-refractivity contribution in [2.24, 2.45) is 5.92 Å². The predicted molar refractivity (Wildman–Crippen MR) is 65.4 cm³/mol. The first-order valence-corrected chi connectivity index (χ1v) is 6.79. The van der Waals surface area contributed by atoms with Crippen LogP contribution in [0.5, 0.6) is 0 Å². The molecule has 0 aromatic rings. The topological polar surface area (TPSA) is 49.4 Å². The first-order valence-electron chi connectivity index (χ1n) is 6.79. The molecule has 1 aliphatic carbocycles. The van der Waals surface area contributed by atoms with E-state index in [9.17, 15) is 9.59 Å². The van der Waals surface area contributed by atoms with E-state index in [1.807, 2.05) is 11.8 Å². The molecule has 2 aliphatic rings. The van der Waals surface area contributed by atoms with Gasteiger partial charge in [0, 0.05) is 6.54 Å². The van der Waals surface area contributed by atoms with E-state index in [4.69, 9.17) is 0 Å². The van der Waals surface area contributed by atoms with Gasteiger partial charge < -0.3 is 10.2 Å². The van der Waals surface area contributed by atoms with Crippen LogP contribution in [0, 0.1) is 5.92 Å². The highest BCUT2D eigenvalue weighted by Gasteiger charge is 2.34. The molecule has 1 heterocycles. The molecular formula is C13H22N2O2. The van der Waals surface area contributed by atoms with Crippen LogP contribution in [0.1, 0.15) is 45.4 Å². The molecule has 0 aromatic carbocycles. The third-order valence-corrected chi connectivity index (χ3v) is 3.98. The summed E-state index contributed by atoms with van der Waals surface area (Å²) in [6.07, 6.45) is 7.00. The standard InChI is InChI=1S/C13H22N2O2/c1-2-11-13(17)14-8-12(16)15(11)9-10-6-4-3-5-7-10/h10-11H,2-9H2,1H3,(H,14,17). The summed E-state index contributed by atoms with van der Waals surface area (Å²) in [5.74, 6) is 0.706. The van der Waals surface area contributed by atoms with Crippen molar-refractivity contribution in [2.75, 3.05) is 13.1 Å². The highest BCUT2D eigenvalue weighted by molar-refractivity contribution is 5.94. The number of rotatable bonds is 3. The van der Waals surface area contributed by atoms with Gasteiger partial charge in [0.15, 0.2) is 0 Å². The fourth-order valence-electron chi connectivity index (χ4n) is 2.98. The molecule has 96 valence electrons. The lowest BCUT2D eigenvalue weighted by Gasteiger charge is -2.37. The third kappa shape index (κ3) is 2.79. The zero-order chi connectivity index (χ0) is 12.3. The van der Waals surface area contributed by atoms with Crippen molar-refractivity contribution in [1.29, 1.82) is 0 Å². The number of carbonyl (C=O) groups excluding carboxylic acids is 2. The molecule has 0 spiro atoms. The van der Waals surface area contributed by atoms with Crippen molar-refractivity contribution in [1.82, 2.24) is 10.2 Å². The smallest absolute Gasteiger partial charge is 0.243 e. The normalized spacial score (nSPS) is 27.1. The van der Waals surface area contributed by atoms with Gasteiger partial charge in [-0.3, -0.25) is 9.59 Å². The van der Waals surface area contributed by atoms with Gasteiger partial charge in [0.25, 0.3) is 0 Å². The van der Waals surface area contributed by atoms with Crippen molar-refractivity contribution in [3.63, 3.8) is 0 Å². The van der Waals surface area contributed by atoms with Crippen LogP contribution in [0.15, 0.2) is 0 Å². The largest absolute Gasteiger partial charge is 0.345 e. The Labute approximate surface area is 103 Å². The van der Waals surface area contributed by atoms with Crippen LogP contribution in [-0.2, 0) is 9.59 Å². The van der Waals surface area contributed by atoms with Gasteiger partial charge in [-0.2, -0.15) is 0 Å². The Morgan fingerprint density at radius 1 is 1.24 bits per heavy atom. The fourth-order valence-corrected chi connectivity index (χ4v) is 2.98. The first kappa shape index (κ1) is 12.4. The van der Waals surface area contributed by atoms with Crippen molar-refractivity contribution < 1.29 is 9.59 Å². The Morgan fingerprint density at radius 3 is 2.59 bits per heavy atom. The number of carbonyl (C=O) groups is 2. The van der Waals surface area contributed by atoms with Gasteiger partial charge in [0.1, 0.15) is 6.04 Å². The Hall–Kier alpha value is -1.06. The maximum absolute atomic E-state index is 11.9. The van der Waals surface area contributed by atoms with Gasteiger partial charge in [-0.1, -0.05) is 26.2 Å². The van der Waals surface area contributed by atoms with Crippen molar-refractivity contribution in [3.05, 3.63) is 0 Å². The van der Waals surface area contributed by atoms with Crippen LogP contribution in [0.2, 0.25) is 0 Å². The Morgan fingerprint density at radius 2 is 1.94 bits per heavy atom. The van der Waals surface area contributed by atoms with Crippen LogP contribution in [0.4, 0.5) is 0 Å². The molecule has 2 amide bonds. The minimum atomic E-state index is -0.238. The Balaban J connectivity index is 1.99. The van der Waals surface area contributed by atoms with Gasteiger partial charge >= 0.3 is 0 Å². The number of hydrogen-bond acceptors (Lipinski definition) is 2. The molecule has 4 heteroatoms.